The number of aryl methyl sites for hydroxylation is 1. The van der Waals surface area contributed by atoms with Gasteiger partial charge in [0.1, 0.15) is 16.4 Å². The van der Waals surface area contributed by atoms with E-state index in [0.29, 0.717) is 24.0 Å². The summed E-state index contributed by atoms with van der Waals surface area (Å²) in [5, 5.41) is 0. The minimum Gasteiger partial charge on any atom is -0.464 e. The molecule has 1 aromatic heterocycles. The molecule has 3 N–H and O–H groups in total. The third kappa shape index (κ3) is 2.29. The van der Waals surface area contributed by atoms with E-state index < -0.39 is 10.0 Å². The molecular weight excluding hydrogens is 276 g/mol. The van der Waals surface area contributed by atoms with E-state index in [4.69, 9.17) is 10.2 Å². The Morgan fingerprint density at radius 2 is 1.85 bits per heavy atom. The van der Waals surface area contributed by atoms with Gasteiger partial charge in [-0.05, 0) is 23.7 Å². The molecule has 0 aliphatic heterocycles. The van der Waals surface area contributed by atoms with Crippen molar-refractivity contribution in [1.29, 1.82) is 0 Å². The van der Waals surface area contributed by atoms with Gasteiger partial charge in [0.15, 0.2) is 0 Å². The van der Waals surface area contributed by atoms with Gasteiger partial charge in [-0.1, -0.05) is 27.7 Å². The average Bonchev–Trinajstić information content (AvgIpc) is 2.64. The van der Waals surface area contributed by atoms with Gasteiger partial charge < -0.3 is 10.2 Å². The highest BCUT2D eigenvalue weighted by Gasteiger charge is 2.64. The van der Waals surface area contributed by atoms with Crippen molar-refractivity contribution in [3.63, 3.8) is 0 Å². The van der Waals surface area contributed by atoms with E-state index in [1.807, 2.05) is 0 Å². The van der Waals surface area contributed by atoms with Gasteiger partial charge in [0.25, 0.3) is 0 Å². The molecule has 0 amide bonds. The lowest BCUT2D eigenvalue weighted by Gasteiger charge is -2.06. The molecule has 1 aliphatic carbocycles. The van der Waals surface area contributed by atoms with Crippen LogP contribution in [0.25, 0.3) is 0 Å². The fraction of sp³-hybridized carbons (Fsp3) is 0.714. The Labute approximate surface area is 121 Å². The Morgan fingerprint density at radius 1 is 1.30 bits per heavy atom. The Kier molecular flexibility index (Phi) is 3.56. The second-order valence-corrected chi connectivity index (χ2v) is 8.42. The highest BCUT2D eigenvalue weighted by Crippen LogP contribution is 2.67. The summed E-state index contributed by atoms with van der Waals surface area (Å²) in [7, 11) is -3.53. The summed E-state index contributed by atoms with van der Waals surface area (Å²) in [5.74, 6) is 1.20. The second-order valence-electron chi connectivity index (χ2n) is 6.69. The second kappa shape index (κ2) is 4.58. The van der Waals surface area contributed by atoms with Crippen molar-refractivity contribution in [2.24, 2.45) is 22.5 Å². The predicted molar refractivity (Wildman–Crippen MR) is 77.6 cm³/mol. The molecular formula is C14H24N2O3S. The minimum absolute atomic E-state index is 0.156. The summed E-state index contributed by atoms with van der Waals surface area (Å²) in [5.41, 5.74) is 5.78. The molecule has 0 bridgehead atoms. The van der Waals surface area contributed by atoms with Crippen molar-refractivity contribution < 1.29 is 12.8 Å². The Bertz CT molecular complexity index is 600. The Balaban J connectivity index is 2.11. The zero-order valence-electron chi connectivity index (χ0n) is 12.8. The first-order valence-electron chi connectivity index (χ1n) is 6.83. The molecule has 0 spiro atoms. The highest BCUT2D eigenvalue weighted by molar-refractivity contribution is 7.89. The van der Waals surface area contributed by atoms with Crippen LogP contribution in [-0.4, -0.2) is 15.0 Å². The molecule has 1 aromatic rings. The fourth-order valence-electron chi connectivity index (χ4n) is 3.01. The maximum absolute atomic E-state index is 12.3. The monoisotopic (exact) mass is 300 g/mol. The van der Waals surface area contributed by atoms with Crippen molar-refractivity contribution in [2.45, 2.75) is 46.1 Å². The first kappa shape index (κ1) is 15.5. The van der Waals surface area contributed by atoms with Crippen LogP contribution in [0.2, 0.25) is 0 Å². The van der Waals surface area contributed by atoms with E-state index in [0.717, 1.165) is 0 Å². The molecule has 114 valence electrons. The van der Waals surface area contributed by atoms with Crippen molar-refractivity contribution in [3.8, 4) is 0 Å². The van der Waals surface area contributed by atoms with Gasteiger partial charge in [0, 0.05) is 12.6 Å². The quantitative estimate of drug-likeness (QED) is 0.871. The lowest BCUT2D eigenvalue weighted by molar-refractivity contribution is 0.457. The van der Waals surface area contributed by atoms with Crippen LogP contribution in [0.3, 0.4) is 0 Å². The number of nitrogens with one attached hydrogen (secondary N) is 1. The summed E-state index contributed by atoms with van der Waals surface area (Å²) in [4.78, 5) is 0.189. The summed E-state index contributed by atoms with van der Waals surface area (Å²) in [6, 6.07) is 1.50. The van der Waals surface area contributed by atoms with Gasteiger partial charge in [-0.25, -0.2) is 13.1 Å². The molecule has 20 heavy (non-hydrogen) atoms. The van der Waals surface area contributed by atoms with E-state index in [-0.39, 0.29) is 22.3 Å². The topological polar surface area (TPSA) is 85.3 Å². The van der Waals surface area contributed by atoms with Crippen LogP contribution in [0.4, 0.5) is 0 Å². The molecule has 0 radical (unpaired) electrons. The van der Waals surface area contributed by atoms with Crippen LogP contribution in [0.15, 0.2) is 15.4 Å². The molecule has 0 saturated heterocycles. The van der Waals surface area contributed by atoms with Gasteiger partial charge in [0.2, 0.25) is 10.0 Å². The lowest BCUT2D eigenvalue weighted by Crippen LogP contribution is -2.27. The fourth-order valence-corrected chi connectivity index (χ4v) is 4.25. The van der Waals surface area contributed by atoms with Crippen LogP contribution in [0.5, 0.6) is 0 Å². The van der Waals surface area contributed by atoms with E-state index in [9.17, 15) is 8.42 Å². The maximum atomic E-state index is 12.3. The number of nitrogens with two attached hydrogens (primary N) is 1. The third-order valence-electron chi connectivity index (χ3n) is 5.21. The van der Waals surface area contributed by atoms with Gasteiger partial charge in [-0.15, -0.1) is 0 Å². The molecule has 6 heteroatoms. The van der Waals surface area contributed by atoms with E-state index in [1.54, 1.807) is 6.92 Å². The van der Waals surface area contributed by atoms with Crippen molar-refractivity contribution in [1.82, 2.24) is 4.72 Å². The zero-order chi connectivity index (χ0) is 15.3. The van der Waals surface area contributed by atoms with Gasteiger partial charge in [-0.2, -0.15) is 0 Å². The lowest BCUT2D eigenvalue weighted by atomic mass is 10.0. The van der Waals surface area contributed by atoms with Crippen LogP contribution in [0, 0.1) is 23.7 Å². The number of hydrogen-bond donors (Lipinski definition) is 2. The molecule has 1 heterocycles. The van der Waals surface area contributed by atoms with Gasteiger partial charge >= 0.3 is 0 Å². The first-order chi connectivity index (χ1) is 9.04. The molecule has 0 unspecified atom stereocenters. The number of sulfonamides is 1. The van der Waals surface area contributed by atoms with Crippen LogP contribution in [0.1, 0.15) is 39.2 Å². The van der Waals surface area contributed by atoms with E-state index in [1.165, 1.54) is 6.07 Å². The third-order valence-corrected chi connectivity index (χ3v) is 6.74. The summed E-state index contributed by atoms with van der Waals surface area (Å²) in [6.45, 7) is 11.0. The van der Waals surface area contributed by atoms with Gasteiger partial charge in [-0.3, -0.25) is 0 Å². The van der Waals surface area contributed by atoms with E-state index >= 15 is 0 Å². The van der Waals surface area contributed by atoms with Gasteiger partial charge in [0.05, 0.1) is 6.54 Å². The smallest absolute Gasteiger partial charge is 0.244 e. The summed E-state index contributed by atoms with van der Waals surface area (Å²) >= 11 is 0. The largest absolute Gasteiger partial charge is 0.464 e. The molecule has 1 fully saturated rings. The number of rotatable bonds is 5. The molecule has 2 rings (SSSR count). The van der Waals surface area contributed by atoms with Crippen LogP contribution < -0.4 is 10.5 Å². The zero-order valence-corrected chi connectivity index (χ0v) is 13.6. The molecule has 0 aromatic carbocycles. The van der Waals surface area contributed by atoms with Crippen molar-refractivity contribution in [3.05, 3.63) is 17.6 Å². The maximum Gasteiger partial charge on any atom is 0.244 e. The molecule has 1 saturated carbocycles. The normalized spacial score (nSPS) is 21.1. The van der Waals surface area contributed by atoms with Crippen LogP contribution >= 0.6 is 0 Å². The predicted octanol–water partition coefficient (Wildman–Crippen LogP) is 2.01. The first-order valence-corrected chi connectivity index (χ1v) is 8.31. The average molecular weight is 300 g/mol. The molecule has 5 nitrogen and oxygen atoms in total. The number of furan rings is 1. The SMILES string of the molecule is Cc1oc(CN)cc1S(=O)(=O)NCC1C(C)(C)C1(C)C. The van der Waals surface area contributed by atoms with Crippen LogP contribution in [-0.2, 0) is 16.6 Å². The van der Waals surface area contributed by atoms with Crippen molar-refractivity contribution >= 4 is 10.0 Å². The highest BCUT2D eigenvalue weighted by atomic mass is 32.2. The Morgan fingerprint density at radius 3 is 2.25 bits per heavy atom. The molecule has 0 atom stereocenters. The number of hydrogen-bond acceptors (Lipinski definition) is 4. The minimum atomic E-state index is -3.53. The molecule has 1 aliphatic rings. The summed E-state index contributed by atoms with van der Waals surface area (Å²) < 4.78 is 32.7. The standard InChI is InChI=1S/C14H24N2O3S/c1-9-11(6-10(7-15)19-9)20(17,18)16-8-12-13(2,3)14(12,4)5/h6,12,16H,7-8,15H2,1-5H3. The van der Waals surface area contributed by atoms with E-state index in [2.05, 4.69) is 32.4 Å². The Hall–Kier alpha value is -0.850. The van der Waals surface area contributed by atoms with Crippen molar-refractivity contribution in [2.75, 3.05) is 6.54 Å². The summed E-state index contributed by atoms with van der Waals surface area (Å²) in [6.07, 6.45) is 0.